The van der Waals surface area contributed by atoms with Gasteiger partial charge in [-0.15, -0.1) is 0 Å². The minimum absolute atomic E-state index is 0.160. The fourth-order valence-electron chi connectivity index (χ4n) is 2.01. The Kier molecular flexibility index (Phi) is 3.98. The van der Waals surface area contributed by atoms with E-state index >= 15 is 0 Å². The zero-order valence-electron chi connectivity index (χ0n) is 11.7. The van der Waals surface area contributed by atoms with Gasteiger partial charge in [0.15, 0.2) is 0 Å². The van der Waals surface area contributed by atoms with E-state index in [1.165, 1.54) is 18.2 Å². The Morgan fingerprint density at radius 3 is 2.10 bits per heavy atom. The van der Waals surface area contributed by atoms with Crippen molar-refractivity contribution in [1.82, 2.24) is 0 Å². The summed E-state index contributed by atoms with van der Waals surface area (Å²) in [6, 6.07) is 10.9. The molecule has 0 aliphatic carbocycles. The molecule has 1 N–H and O–H groups in total. The average molecular weight is 282 g/mol. The highest BCUT2D eigenvalue weighted by Crippen LogP contribution is 2.20. The number of benzene rings is 2. The molecule has 0 radical (unpaired) electrons. The molecule has 0 aliphatic heterocycles. The smallest absolute Gasteiger partial charge is 0.274 e. The quantitative estimate of drug-likeness (QED) is 0.531. The molecule has 0 saturated carbocycles. The lowest BCUT2D eigenvalue weighted by atomic mass is 9.96. The van der Waals surface area contributed by atoms with Gasteiger partial charge in [-0.3, -0.25) is 14.4 Å². The monoisotopic (exact) mass is 282 g/mol. The van der Waals surface area contributed by atoms with Crippen LogP contribution in [0.2, 0.25) is 0 Å². The number of aryl methyl sites for hydroxylation is 2. The van der Waals surface area contributed by atoms with E-state index < -0.39 is 17.3 Å². The molecule has 0 spiro atoms. The first kappa shape index (κ1) is 14.7. The first-order valence-electron chi connectivity index (χ1n) is 6.40. The van der Waals surface area contributed by atoms with Gasteiger partial charge in [-0.2, -0.15) is 0 Å². The lowest BCUT2D eigenvalue weighted by Gasteiger charge is -2.05. The summed E-state index contributed by atoms with van der Waals surface area (Å²) in [7, 11) is 0. The van der Waals surface area contributed by atoms with E-state index in [4.69, 9.17) is 0 Å². The van der Waals surface area contributed by atoms with Gasteiger partial charge in [0, 0.05) is 5.56 Å². The largest absolute Gasteiger partial charge is 0.507 e. The number of aromatic hydroxyl groups is 1. The standard InChI is InChI=1S/C17H14O4/c1-10-7-8-13(14(18)9-10)16(20)17(21)15(19)12-6-4-3-5-11(12)2/h3-9,18H,1-2H3. The van der Waals surface area contributed by atoms with Gasteiger partial charge in [0.1, 0.15) is 5.75 Å². The number of ketones is 3. The van der Waals surface area contributed by atoms with Crippen LogP contribution in [0, 0.1) is 13.8 Å². The first-order valence-corrected chi connectivity index (χ1v) is 6.40. The molecule has 0 fully saturated rings. The van der Waals surface area contributed by atoms with Crippen molar-refractivity contribution in [3.05, 3.63) is 64.7 Å². The minimum atomic E-state index is -1.15. The summed E-state index contributed by atoms with van der Waals surface area (Å²) in [4.78, 5) is 36.2. The summed E-state index contributed by atoms with van der Waals surface area (Å²) >= 11 is 0. The Morgan fingerprint density at radius 1 is 0.857 bits per heavy atom. The van der Waals surface area contributed by atoms with Gasteiger partial charge in [-0.1, -0.05) is 30.3 Å². The normalized spacial score (nSPS) is 10.2. The van der Waals surface area contributed by atoms with Crippen LogP contribution in [-0.4, -0.2) is 22.5 Å². The van der Waals surface area contributed by atoms with Crippen molar-refractivity contribution in [3.63, 3.8) is 0 Å². The molecule has 21 heavy (non-hydrogen) atoms. The van der Waals surface area contributed by atoms with Crippen molar-refractivity contribution in [2.24, 2.45) is 0 Å². The third kappa shape index (κ3) is 2.89. The Bertz CT molecular complexity index is 744. The summed E-state index contributed by atoms with van der Waals surface area (Å²) in [6.45, 7) is 3.43. The van der Waals surface area contributed by atoms with Crippen molar-refractivity contribution in [2.45, 2.75) is 13.8 Å². The van der Waals surface area contributed by atoms with Gasteiger partial charge in [0.05, 0.1) is 5.56 Å². The minimum Gasteiger partial charge on any atom is -0.507 e. The van der Waals surface area contributed by atoms with E-state index in [0.29, 0.717) is 5.56 Å². The van der Waals surface area contributed by atoms with Gasteiger partial charge in [0.2, 0.25) is 11.6 Å². The number of carbonyl (C=O) groups excluding carboxylic acids is 3. The number of hydrogen-bond acceptors (Lipinski definition) is 4. The number of carbonyl (C=O) groups is 3. The molecule has 0 bridgehead atoms. The van der Waals surface area contributed by atoms with Crippen molar-refractivity contribution >= 4 is 17.3 Å². The molecular formula is C17H14O4. The van der Waals surface area contributed by atoms with Crippen LogP contribution in [0.1, 0.15) is 31.8 Å². The van der Waals surface area contributed by atoms with E-state index in [2.05, 4.69) is 0 Å². The van der Waals surface area contributed by atoms with Gasteiger partial charge < -0.3 is 5.11 Å². The number of rotatable bonds is 4. The molecule has 2 rings (SSSR count). The van der Waals surface area contributed by atoms with Crippen LogP contribution in [0.5, 0.6) is 5.75 Å². The molecule has 0 heterocycles. The van der Waals surface area contributed by atoms with E-state index in [1.807, 2.05) is 0 Å². The molecule has 0 atom stereocenters. The second-order valence-corrected chi connectivity index (χ2v) is 4.82. The highest BCUT2D eigenvalue weighted by atomic mass is 16.3. The molecular weight excluding hydrogens is 268 g/mol. The van der Waals surface area contributed by atoms with Crippen LogP contribution >= 0.6 is 0 Å². The topological polar surface area (TPSA) is 71.4 Å². The maximum Gasteiger partial charge on any atom is 0.274 e. The number of hydrogen-bond donors (Lipinski definition) is 1. The number of phenolic OH excluding ortho intramolecular Hbond substituents is 1. The first-order chi connectivity index (χ1) is 9.91. The van der Waals surface area contributed by atoms with E-state index in [9.17, 15) is 19.5 Å². The molecule has 0 saturated heterocycles. The van der Waals surface area contributed by atoms with Crippen LogP contribution in [-0.2, 0) is 4.79 Å². The van der Waals surface area contributed by atoms with Crippen LogP contribution in [0.3, 0.4) is 0 Å². The van der Waals surface area contributed by atoms with E-state index in [0.717, 1.165) is 5.56 Å². The van der Waals surface area contributed by atoms with Crippen LogP contribution < -0.4 is 0 Å². The molecule has 106 valence electrons. The predicted octanol–water partition coefficient (Wildman–Crippen LogP) is 2.64. The van der Waals surface area contributed by atoms with Crippen LogP contribution in [0.15, 0.2) is 42.5 Å². The van der Waals surface area contributed by atoms with Gasteiger partial charge in [-0.05, 0) is 37.1 Å². The maximum absolute atomic E-state index is 12.1. The number of phenols is 1. The molecule has 0 unspecified atom stereocenters. The Hall–Kier alpha value is -2.75. The summed E-state index contributed by atoms with van der Waals surface area (Å²) in [5, 5.41) is 9.73. The van der Waals surface area contributed by atoms with Gasteiger partial charge in [0.25, 0.3) is 5.78 Å². The lowest BCUT2D eigenvalue weighted by Crippen LogP contribution is -2.25. The average Bonchev–Trinajstić information content (AvgIpc) is 2.45. The molecule has 0 amide bonds. The summed E-state index contributed by atoms with van der Waals surface area (Å²) in [5.74, 6) is -3.31. The second-order valence-electron chi connectivity index (χ2n) is 4.82. The second kappa shape index (κ2) is 5.71. The van der Waals surface area contributed by atoms with Crippen molar-refractivity contribution < 1.29 is 19.5 Å². The molecule has 2 aromatic carbocycles. The molecule has 4 heteroatoms. The Balaban J connectivity index is 2.34. The van der Waals surface area contributed by atoms with E-state index in [-0.39, 0.29) is 16.9 Å². The maximum atomic E-state index is 12.1. The van der Waals surface area contributed by atoms with Crippen molar-refractivity contribution in [2.75, 3.05) is 0 Å². The summed E-state index contributed by atoms with van der Waals surface area (Å²) in [6.07, 6.45) is 0. The predicted molar refractivity (Wildman–Crippen MR) is 77.7 cm³/mol. The fraction of sp³-hybridized carbons (Fsp3) is 0.118. The third-order valence-corrected chi connectivity index (χ3v) is 3.20. The van der Waals surface area contributed by atoms with Crippen LogP contribution in [0.25, 0.3) is 0 Å². The van der Waals surface area contributed by atoms with Gasteiger partial charge >= 0.3 is 0 Å². The Morgan fingerprint density at radius 2 is 1.48 bits per heavy atom. The Labute approximate surface area is 122 Å². The summed E-state index contributed by atoms with van der Waals surface area (Å²) in [5.41, 5.74) is 1.41. The fourth-order valence-corrected chi connectivity index (χ4v) is 2.01. The van der Waals surface area contributed by atoms with Crippen LogP contribution in [0.4, 0.5) is 0 Å². The zero-order chi connectivity index (χ0) is 15.6. The SMILES string of the molecule is Cc1ccc(C(=O)C(=O)C(=O)c2ccccc2C)c(O)c1. The van der Waals surface area contributed by atoms with Crippen molar-refractivity contribution in [1.29, 1.82) is 0 Å². The number of Topliss-reactive ketones (excluding diaryl/α,β-unsaturated/α-hetero) is 3. The van der Waals surface area contributed by atoms with E-state index in [1.54, 1.807) is 38.1 Å². The molecule has 0 aromatic heterocycles. The molecule has 2 aromatic rings. The zero-order valence-corrected chi connectivity index (χ0v) is 11.7. The van der Waals surface area contributed by atoms with Gasteiger partial charge in [-0.25, -0.2) is 0 Å². The molecule has 4 nitrogen and oxygen atoms in total. The lowest BCUT2D eigenvalue weighted by molar-refractivity contribution is -0.111. The third-order valence-electron chi connectivity index (χ3n) is 3.20. The highest BCUT2D eigenvalue weighted by Gasteiger charge is 2.27. The van der Waals surface area contributed by atoms with Crippen molar-refractivity contribution in [3.8, 4) is 5.75 Å². The molecule has 0 aliphatic rings. The summed E-state index contributed by atoms with van der Waals surface area (Å²) < 4.78 is 0. The highest BCUT2D eigenvalue weighted by molar-refractivity contribution is 6.70.